The Bertz CT molecular complexity index is 781. The molecule has 110 valence electrons. The second kappa shape index (κ2) is 5.16. The Morgan fingerprint density at radius 1 is 1.29 bits per heavy atom. The Kier molecular flexibility index (Phi) is 3.46. The van der Waals surface area contributed by atoms with Crippen molar-refractivity contribution >= 4 is 33.0 Å². The molecule has 2 aromatic rings. The molecule has 21 heavy (non-hydrogen) atoms. The van der Waals surface area contributed by atoms with Gasteiger partial charge >= 0.3 is 5.97 Å². The van der Waals surface area contributed by atoms with Gasteiger partial charge in [0.1, 0.15) is 0 Å². The van der Waals surface area contributed by atoms with E-state index in [1.165, 1.54) is 21.7 Å². The minimum atomic E-state index is -3.57. The van der Waals surface area contributed by atoms with Crippen molar-refractivity contribution in [2.45, 2.75) is 17.7 Å². The molecule has 5 nitrogen and oxygen atoms in total. The summed E-state index contributed by atoms with van der Waals surface area (Å²) in [4.78, 5) is 11.3. The van der Waals surface area contributed by atoms with Crippen LogP contribution in [-0.4, -0.2) is 26.0 Å². The van der Waals surface area contributed by atoms with E-state index in [9.17, 15) is 13.2 Å². The zero-order valence-electron chi connectivity index (χ0n) is 11.0. The summed E-state index contributed by atoms with van der Waals surface area (Å²) in [6.07, 6.45) is 1.37. The maximum absolute atomic E-state index is 12.6. The van der Waals surface area contributed by atoms with Crippen molar-refractivity contribution in [2.24, 2.45) is 0 Å². The number of nitrogens with zero attached hydrogens (tertiary/aromatic N) is 1. The first-order chi connectivity index (χ1) is 10.00. The van der Waals surface area contributed by atoms with Crippen molar-refractivity contribution < 1.29 is 18.3 Å². The molecule has 0 spiro atoms. The van der Waals surface area contributed by atoms with Crippen molar-refractivity contribution in [3.8, 4) is 0 Å². The molecule has 0 radical (unpaired) electrons. The van der Waals surface area contributed by atoms with Crippen LogP contribution in [0, 0.1) is 0 Å². The van der Waals surface area contributed by atoms with E-state index < -0.39 is 16.0 Å². The minimum absolute atomic E-state index is 0.184. The number of aromatic carboxylic acids is 1. The Morgan fingerprint density at radius 2 is 2.10 bits per heavy atom. The number of hydrogen-bond donors (Lipinski definition) is 1. The van der Waals surface area contributed by atoms with Gasteiger partial charge in [-0.1, -0.05) is 0 Å². The molecule has 0 saturated heterocycles. The van der Waals surface area contributed by atoms with E-state index in [0.717, 1.165) is 5.56 Å². The maximum atomic E-state index is 12.6. The van der Waals surface area contributed by atoms with Crippen LogP contribution < -0.4 is 4.31 Å². The zero-order chi connectivity index (χ0) is 15.0. The highest BCUT2D eigenvalue weighted by atomic mass is 32.2. The second-order valence-electron chi connectivity index (χ2n) is 4.79. The first-order valence-corrected chi connectivity index (χ1v) is 8.79. The number of fused-ring (bicyclic) bond motifs is 1. The van der Waals surface area contributed by atoms with Gasteiger partial charge in [-0.25, -0.2) is 13.2 Å². The largest absolute Gasteiger partial charge is 0.478 e. The lowest BCUT2D eigenvalue weighted by Crippen LogP contribution is -2.35. The van der Waals surface area contributed by atoms with Crippen molar-refractivity contribution in [3.05, 3.63) is 46.2 Å². The van der Waals surface area contributed by atoms with Gasteiger partial charge in [-0.3, -0.25) is 4.31 Å². The van der Waals surface area contributed by atoms with E-state index in [-0.39, 0.29) is 10.5 Å². The summed E-state index contributed by atoms with van der Waals surface area (Å²) in [6, 6.07) is 6.18. The lowest BCUT2D eigenvalue weighted by atomic mass is 10.0. The summed E-state index contributed by atoms with van der Waals surface area (Å²) in [5.41, 5.74) is 1.53. The van der Waals surface area contributed by atoms with E-state index in [0.29, 0.717) is 25.1 Å². The molecule has 7 heteroatoms. The lowest BCUT2D eigenvalue weighted by molar-refractivity contribution is 0.0697. The Hall–Kier alpha value is -1.86. The first-order valence-electron chi connectivity index (χ1n) is 6.41. The van der Waals surface area contributed by atoms with E-state index in [1.807, 2.05) is 0 Å². The van der Waals surface area contributed by atoms with E-state index in [1.54, 1.807) is 29.0 Å². The fourth-order valence-corrected chi connectivity index (χ4v) is 5.03. The van der Waals surface area contributed by atoms with E-state index in [4.69, 9.17) is 5.11 Å². The van der Waals surface area contributed by atoms with Gasteiger partial charge in [0.05, 0.1) is 16.1 Å². The smallest absolute Gasteiger partial charge is 0.335 e. The quantitative estimate of drug-likeness (QED) is 0.942. The molecule has 2 heterocycles. The maximum Gasteiger partial charge on any atom is 0.335 e. The van der Waals surface area contributed by atoms with Crippen LogP contribution in [0.1, 0.15) is 22.3 Å². The SMILES string of the molecule is O=C(O)c1ccc2c(c1)CCCN2S(=O)(=O)c1ccsc1. The Labute approximate surface area is 126 Å². The molecule has 3 rings (SSSR count). The molecule has 1 aromatic carbocycles. The van der Waals surface area contributed by atoms with E-state index >= 15 is 0 Å². The number of aryl methyl sites for hydroxylation is 1. The Balaban J connectivity index is 2.07. The molecule has 0 aliphatic carbocycles. The predicted molar refractivity (Wildman–Crippen MR) is 80.6 cm³/mol. The summed E-state index contributed by atoms with van der Waals surface area (Å²) in [7, 11) is -3.57. The fraction of sp³-hybridized carbons (Fsp3) is 0.214. The van der Waals surface area contributed by atoms with Gasteiger partial charge in [0.2, 0.25) is 0 Å². The molecule has 1 aromatic heterocycles. The molecule has 1 N–H and O–H groups in total. The van der Waals surface area contributed by atoms with Crippen molar-refractivity contribution in [1.29, 1.82) is 0 Å². The fourth-order valence-electron chi connectivity index (χ4n) is 2.47. The predicted octanol–water partition coefficient (Wildman–Crippen LogP) is 2.59. The van der Waals surface area contributed by atoms with Gasteiger partial charge in [-0.15, -0.1) is 0 Å². The van der Waals surface area contributed by atoms with Crippen LogP contribution in [0.15, 0.2) is 39.9 Å². The van der Waals surface area contributed by atoms with Crippen LogP contribution in [0.4, 0.5) is 5.69 Å². The lowest BCUT2D eigenvalue weighted by Gasteiger charge is -2.30. The van der Waals surface area contributed by atoms with Gasteiger partial charge in [-0.2, -0.15) is 11.3 Å². The summed E-state index contributed by atoms with van der Waals surface area (Å²) in [6.45, 7) is 0.414. The topological polar surface area (TPSA) is 74.7 Å². The van der Waals surface area contributed by atoms with Crippen molar-refractivity contribution in [2.75, 3.05) is 10.8 Å². The van der Waals surface area contributed by atoms with Gasteiger partial charge in [0.15, 0.2) is 0 Å². The van der Waals surface area contributed by atoms with Gasteiger partial charge in [0, 0.05) is 11.9 Å². The highest BCUT2D eigenvalue weighted by Gasteiger charge is 2.29. The van der Waals surface area contributed by atoms with Gasteiger partial charge in [-0.05, 0) is 48.1 Å². The molecular weight excluding hydrogens is 310 g/mol. The summed E-state index contributed by atoms with van der Waals surface area (Å²) in [5.74, 6) is -1.00. The molecule has 0 bridgehead atoms. The minimum Gasteiger partial charge on any atom is -0.478 e. The van der Waals surface area contributed by atoms with Crippen LogP contribution in [0.2, 0.25) is 0 Å². The number of carboxylic acid groups (broad SMARTS) is 1. The molecular formula is C14H13NO4S2. The normalized spacial score (nSPS) is 14.8. The number of benzene rings is 1. The van der Waals surface area contributed by atoms with Gasteiger partial charge in [0.25, 0.3) is 10.0 Å². The molecule has 1 aliphatic heterocycles. The second-order valence-corrected chi connectivity index (χ2v) is 7.43. The third-order valence-electron chi connectivity index (χ3n) is 3.49. The molecule has 0 amide bonds. The molecule has 1 aliphatic rings. The number of carboxylic acids is 1. The monoisotopic (exact) mass is 323 g/mol. The van der Waals surface area contributed by atoms with Crippen LogP contribution in [0.25, 0.3) is 0 Å². The summed E-state index contributed by atoms with van der Waals surface area (Å²) in [5, 5.41) is 12.4. The highest BCUT2D eigenvalue weighted by molar-refractivity contribution is 7.93. The van der Waals surface area contributed by atoms with E-state index in [2.05, 4.69) is 0 Å². The average Bonchev–Trinajstić information content (AvgIpc) is 3.00. The van der Waals surface area contributed by atoms with Crippen molar-refractivity contribution in [3.63, 3.8) is 0 Å². The summed E-state index contributed by atoms with van der Waals surface area (Å²) < 4.78 is 26.7. The van der Waals surface area contributed by atoms with Crippen LogP contribution >= 0.6 is 11.3 Å². The first kappa shape index (κ1) is 14.1. The molecule has 0 atom stereocenters. The van der Waals surface area contributed by atoms with Crippen LogP contribution in [0.3, 0.4) is 0 Å². The molecule has 0 fully saturated rings. The number of anilines is 1. The number of carbonyl (C=O) groups is 1. The van der Waals surface area contributed by atoms with Gasteiger partial charge < -0.3 is 5.11 Å². The zero-order valence-corrected chi connectivity index (χ0v) is 12.7. The third kappa shape index (κ3) is 2.43. The summed E-state index contributed by atoms with van der Waals surface area (Å²) >= 11 is 1.33. The number of thiophene rings is 1. The third-order valence-corrected chi connectivity index (χ3v) is 6.13. The van der Waals surface area contributed by atoms with Crippen molar-refractivity contribution in [1.82, 2.24) is 0 Å². The number of sulfonamides is 1. The number of hydrogen-bond acceptors (Lipinski definition) is 4. The Morgan fingerprint density at radius 3 is 2.76 bits per heavy atom. The average molecular weight is 323 g/mol. The standard InChI is InChI=1S/C14H13NO4S2/c16-14(17)11-3-4-13-10(8-11)2-1-6-15(13)21(18,19)12-5-7-20-9-12/h3-5,7-9H,1-2,6H2,(H,16,17). The number of rotatable bonds is 3. The molecule has 0 unspecified atom stereocenters. The van der Waals surface area contributed by atoms with Crippen LogP contribution in [-0.2, 0) is 16.4 Å². The van der Waals surface area contributed by atoms with Crippen LogP contribution in [0.5, 0.6) is 0 Å². The highest BCUT2D eigenvalue weighted by Crippen LogP contribution is 2.33. The molecule has 0 saturated carbocycles.